The van der Waals surface area contributed by atoms with Crippen molar-refractivity contribution in [2.75, 3.05) is 13.7 Å². The number of ether oxygens (including phenoxy) is 2. The summed E-state index contributed by atoms with van der Waals surface area (Å²) in [5.41, 5.74) is 2.16. The highest BCUT2D eigenvalue weighted by molar-refractivity contribution is 7.14. The Hall–Kier alpha value is -3.65. The number of thiazole rings is 1. The zero-order valence-electron chi connectivity index (χ0n) is 21.6. The number of carbonyl (C=O) groups is 2. The van der Waals surface area contributed by atoms with Crippen LogP contribution < -0.4 is 9.47 Å². The van der Waals surface area contributed by atoms with Crippen molar-refractivity contribution in [3.63, 3.8) is 0 Å². The second-order valence-corrected chi connectivity index (χ2v) is 10.2. The molecule has 4 rings (SSSR count). The number of hydrogen-bond donors (Lipinski definition) is 1. The van der Waals surface area contributed by atoms with Crippen molar-refractivity contribution in [1.29, 1.82) is 0 Å². The third kappa shape index (κ3) is 5.54. The fourth-order valence-electron chi connectivity index (χ4n) is 4.55. The summed E-state index contributed by atoms with van der Waals surface area (Å²) in [6.07, 6.45) is 3.11. The molecule has 0 aliphatic carbocycles. The highest BCUT2D eigenvalue weighted by atomic mass is 32.1. The molecule has 0 bridgehead atoms. The van der Waals surface area contributed by atoms with Gasteiger partial charge in [-0.25, -0.2) is 4.98 Å². The summed E-state index contributed by atoms with van der Waals surface area (Å²) in [5.74, 6) is -0.418. The number of rotatable bonds is 11. The van der Waals surface area contributed by atoms with Crippen LogP contribution >= 0.6 is 11.3 Å². The molecule has 0 saturated carbocycles. The van der Waals surface area contributed by atoms with Gasteiger partial charge in [0.15, 0.2) is 17.3 Å². The summed E-state index contributed by atoms with van der Waals surface area (Å²) in [6, 6.07) is 14.1. The third-order valence-corrected chi connectivity index (χ3v) is 7.43. The molecule has 1 aliphatic rings. The van der Waals surface area contributed by atoms with Gasteiger partial charge in [0, 0.05) is 6.54 Å². The average Bonchev–Trinajstić information content (AvgIpc) is 3.37. The summed E-state index contributed by atoms with van der Waals surface area (Å²) < 4.78 is 11.5. The number of hydrogen-bond acceptors (Lipinski definition) is 7. The number of aliphatic hydroxyl groups excluding tert-OH is 1. The standard InChI is InChI=1S/C29H32N2O5S/c1-5-6-10-15-36-22-14-13-21(16-23(22)35-4)25-24(26(32)28-18(2)30-19(3)37-28)27(33)29(34)31(25)17-20-11-8-7-9-12-20/h7-9,11-14,16,25,33H,5-6,10,15,17H2,1-4H3. The van der Waals surface area contributed by atoms with Gasteiger partial charge in [0.1, 0.15) is 0 Å². The Morgan fingerprint density at radius 3 is 2.51 bits per heavy atom. The number of nitrogens with zero attached hydrogens (tertiary/aromatic N) is 2. The number of ketones is 1. The van der Waals surface area contributed by atoms with Gasteiger partial charge in [-0.05, 0) is 43.5 Å². The predicted molar refractivity (Wildman–Crippen MR) is 143 cm³/mol. The Balaban J connectivity index is 1.76. The van der Waals surface area contributed by atoms with Gasteiger partial charge >= 0.3 is 0 Å². The van der Waals surface area contributed by atoms with Crippen molar-refractivity contribution in [3.8, 4) is 11.5 Å². The van der Waals surface area contributed by atoms with E-state index < -0.39 is 23.5 Å². The number of aliphatic hydroxyl groups is 1. The minimum Gasteiger partial charge on any atom is -0.503 e. The number of aromatic nitrogens is 1. The van der Waals surface area contributed by atoms with Crippen molar-refractivity contribution < 1.29 is 24.2 Å². The smallest absolute Gasteiger partial charge is 0.290 e. The van der Waals surface area contributed by atoms with Gasteiger partial charge in [0.05, 0.1) is 40.9 Å². The number of unbranched alkanes of at least 4 members (excludes halogenated alkanes) is 2. The Labute approximate surface area is 221 Å². The highest BCUT2D eigenvalue weighted by Crippen LogP contribution is 2.43. The molecule has 194 valence electrons. The van der Waals surface area contributed by atoms with Crippen molar-refractivity contribution in [2.24, 2.45) is 0 Å². The Morgan fingerprint density at radius 1 is 1.11 bits per heavy atom. The quantitative estimate of drug-likeness (QED) is 0.242. The van der Waals surface area contributed by atoms with Crippen molar-refractivity contribution in [3.05, 3.63) is 86.6 Å². The van der Waals surface area contributed by atoms with Crippen LogP contribution in [0.4, 0.5) is 0 Å². The van der Waals surface area contributed by atoms with Crippen LogP contribution in [0.25, 0.3) is 0 Å². The number of amides is 1. The average molecular weight is 521 g/mol. The van der Waals surface area contributed by atoms with Crippen molar-refractivity contribution in [2.45, 2.75) is 52.6 Å². The first-order valence-corrected chi connectivity index (χ1v) is 13.2. The van der Waals surface area contributed by atoms with Crippen LogP contribution in [0.1, 0.15) is 63.7 Å². The first kappa shape index (κ1) is 26.4. The number of benzene rings is 2. The fourth-order valence-corrected chi connectivity index (χ4v) is 5.42. The zero-order valence-corrected chi connectivity index (χ0v) is 22.4. The maximum Gasteiger partial charge on any atom is 0.290 e. The molecule has 3 aromatic rings. The van der Waals surface area contributed by atoms with Gasteiger partial charge in [-0.15, -0.1) is 11.3 Å². The maximum atomic E-state index is 13.8. The van der Waals surface area contributed by atoms with Crippen LogP contribution in [0.2, 0.25) is 0 Å². The number of aryl methyl sites for hydroxylation is 2. The van der Waals surface area contributed by atoms with Gasteiger partial charge < -0.3 is 19.5 Å². The highest BCUT2D eigenvalue weighted by Gasteiger charge is 2.44. The largest absolute Gasteiger partial charge is 0.503 e. The molecule has 1 unspecified atom stereocenters. The number of carbonyl (C=O) groups excluding carboxylic acids is 2. The lowest BCUT2D eigenvalue weighted by Gasteiger charge is -2.27. The van der Waals surface area contributed by atoms with Crippen LogP contribution in [0.3, 0.4) is 0 Å². The molecule has 2 heterocycles. The summed E-state index contributed by atoms with van der Waals surface area (Å²) >= 11 is 1.26. The van der Waals surface area contributed by atoms with Crippen molar-refractivity contribution >= 4 is 23.0 Å². The molecule has 1 atom stereocenters. The SMILES string of the molecule is CCCCCOc1ccc(C2C(C(=O)c3sc(C)nc3C)=C(O)C(=O)N2Cc2ccccc2)cc1OC. The van der Waals surface area contributed by atoms with E-state index in [0.717, 1.165) is 29.8 Å². The molecular formula is C29H32N2O5S. The molecule has 0 saturated heterocycles. The van der Waals surface area contributed by atoms with Crippen LogP contribution in [-0.4, -0.2) is 40.4 Å². The summed E-state index contributed by atoms with van der Waals surface area (Å²) in [5, 5.41) is 11.8. The molecule has 0 radical (unpaired) electrons. The first-order valence-electron chi connectivity index (χ1n) is 12.4. The van der Waals surface area contributed by atoms with Gasteiger partial charge in [-0.2, -0.15) is 0 Å². The van der Waals surface area contributed by atoms with Crippen molar-refractivity contribution in [1.82, 2.24) is 9.88 Å². The fraction of sp³-hybridized carbons (Fsp3) is 0.345. The van der Waals surface area contributed by atoms with E-state index in [0.29, 0.717) is 34.2 Å². The van der Waals surface area contributed by atoms with E-state index in [-0.39, 0.29) is 12.1 Å². The molecule has 7 nitrogen and oxygen atoms in total. The summed E-state index contributed by atoms with van der Waals surface area (Å²) in [6.45, 7) is 6.52. The molecular weight excluding hydrogens is 488 g/mol. The Bertz CT molecular complexity index is 1320. The summed E-state index contributed by atoms with van der Waals surface area (Å²) in [7, 11) is 1.56. The topological polar surface area (TPSA) is 89.0 Å². The predicted octanol–water partition coefficient (Wildman–Crippen LogP) is 6.12. The molecule has 1 aliphatic heterocycles. The van der Waals surface area contributed by atoms with E-state index in [1.807, 2.05) is 43.3 Å². The number of Topliss-reactive ketones (excluding diaryl/α,β-unsaturated/α-hetero) is 1. The van der Waals surface area contributed by atoms with Gasteiger partial charge in [0.2, 0.25) is 5.78 Å². The third-order valence-electron chi connectivity index (χ3n) is 6.36. The number of methoxy groups -OCH3 is 1. The van der Waals surface area contributed by atoms with E-state index in [1.54, 1.807) is 26.2 Å². The molecule has 1 amide bonds. The Morgan fingerprint density at radius 2 is 1.86 bits per heavy atom. The molecule has 37 heavy (non-hydrogen) atoms. The van der Waals surface area contributed by atoms with E-state index in [4.69, 9.17) is 9.47 Å². The van der Waals surface area contributed by atoms with Crippen LogP contribution in [0, 0.1) is 13.8 Å². The normalized spacial score (nSPS) is 15.4. The van der Waals surface area contributed by atoms with Gasteiger partial charge in [-0.1, -0.05) is 56.2 Å². The zero-order chi connectivity index (χ0) is 26.5. The minimum atomic E-state index is -0.801. The second-order valence-electron chi connectivity index (χ2n) is 9.03. The van der Waals surface area contributed by atoms with Crippen LogP contribution in [0.5, 0.6) is 11.5 Å². The maximum absolute atomic E-state index is 13.8. The second kappa shape index (κ2) is 11.6. The lowest BCUT2D eigenvalue weighted by molar-refractivity contribution is -0.130. The Kier molecular flexibility index (Phi) is 8.28. The van der Waals surface area contributed by atoms with E-state index in [2.05, 4.69) is 11.9 Å². The van der Waals surface area contributed by atoms with Gasteiger partial charge in [0.25, 0.3) is 5.91 Å². The minimum absolute atomic E-state index is 0.0475. The lowest BCUT2D eigenvalue weighted by atomic mass is 9.94. The first-order chi connectivity index (χ1) is 17.8. The van der Waals surface area contributed by atoms with Crippen LogP contribution in [0.15, 0.2) is 59.9 Å². The molecule has 0 fully saturated rings. The molecule has 2 aromatic carbocycles. The molecule has 0 spiro atoms. The molecule has 1 N–H and O–H groups in total. The molecule has 1 aromatic heterocycles. The van der Waals surface area contributed by atoms with E-state index in [1.165, 1.54) is 16.2 Å². The van der Waals surface area contributed by atoms with Crippen LogP contribution in [-0.2, 0) is 11.3 Å². The monoisotopic (exact) mass is 520 g/mol. The van der Waals surface area contributed by atoms with E-state index >= 15 is 0 Å². The molecule has 8 heteroatoms. The summed E-state index contributed by atoms with van der Waals surface area (Å²) in [4.78, 5) is 33.4. The lowest BCUT2D eigenvalue weighted by Crippen LogP contribution is -2.30. The van der Waals surface area contributed by atoms with E-state index in [9.17, 15) is 14.7 Å². The van der Waals surface area contributed by atoms with Gasteiger partial charge in [-0.3, -0.25) is 9.59 Å².